The standard InChI is InChI=1S/C20H40O2/c1-5-9-11-12-13-14-15-17-20(16-10-6-2,21-18-7-3)22-19-8-4/h10,16H,5-9,11-15,17-19H2,1-4H3. The molecule has 0 N–H and O–H groups in total. The first-order valence-electron chi connectivity index (χ1n) is 9.70. The molecule has 0 saturated heterocycles. The van der Waals surface area contributed by atoms with Crippen molar-refractivity contribution >= 4 is 0 Å². The van der Waals surface area contributed by atoms with E-state index in [-0.39, 0.29) is 0 Å². The molecule has 0 aliphatic heterocycles. The van der Waals surface area contributed by atoms with Crippen LogP contribution in [0.15, 0.2) is 12.2 Å². The summed E-state index contributed by atoms with van der Waals surface area (Å²) in [5.41, 5.74) is 0. The molecule has 2 heteroatoms. The number of rotatable bonds is 16. The van der Waals surface area contributed by atoms with E-state index in [1.807, 2.05) is 0 Å². The van der Waals surface area contributed by atoms with Gasteiger partial charge in [-0.05, 0) is 31.8 Å². The third-order valence-electron chi connectivity index (χ3n) is 3.84. The molecule has 0 heterocycles. The summed E-state index contributed by atoms with van der Waals surface area (Å²) in [6.45, 7) is 10.3. The van der Waals surface area contributed by atoms with E-state index >= 15 is 0 Å². The van der Waals surface area contributed by atoms with Crippen molar-refractivity contribution in [2.45, 2.75) is 104 Å². The second kappa shape index (κ2) is 15.6. The van der Waals surface area contributed by atoms with Crippen LogP contribution in [0.4, 0.5) is 0 Å². The second-order valence-electron chi connectivity index (χ2n) is 6.19. The predicted octanol–water partition coefficient (Wildman–Crippen LogP) is 6.64. The van der Waals surface area contributed by atoms with Crippen molar-refractivity contribution in [2.24, 2.45) is 0 Å². The summed E-state index contributed by atoms with van der Waals surface area (Å²) in [5.74, 6) is -0.481. The van der Waals surface area contributed by atoms with Crippen LogP contribution in [0.3, 0.4) is 0 Å². The van der Waals surface area contributed by atoms with E-state index in [0.717, 1.165) is 38.9 Å². The molecule has 0 amide bonds. The Bertz CT molecular complexity index is 240. The van der Waals surface area contributed by atoms with Gasteiger partial charge in [0.1, 0.15) is 0 Å². The summed E-state index contributed by atoms with van der Waals surface area (Å²) in [5, 5.41) is 0. The summed E-state index contributed by atoms with van der Waals surface area (Å²) >= 11 is 0. The molecule has 0 unspecified atom stereocenters. The fourth-order valence-electron chi connectivity index (χ4n) is 2.54. The zero-order valence-corrected chi connectivity index (χ0v) is 15.7. The Labute approximate surface area is 139 Å². The highest BCUT2D eigenvalue weighted by atomic mass is 16.7. The van der Waals surface area contributed by atoms with Crippen LogP contribution in [0, 0.1) is 0 Å². The molecular weight excluding hydrogens is 272 g/mol. The van der Waals surface area contributed by atoms with Gasteiger partial charge < -0.3 is 9.47 Å². The van der Waals surface area contributed by atoms with E-state index in [1.165, 1.54) is 44.9 Å². The molecule has 0 spiro atoms. The maximum absolute atomic E-state index is 6.12. The molecule has 0 aromatic rings. The van der Waals surface area contributed by atoms with E-state index in [1.54, 1.807) is 0 Å². The summed E-state index contributed by atoms with van der Waals surface area (Å²) in [6, 6.07) is 0. The van der Waals surface area contributed by atoms with Crippen LogP contribution < -0.4 is 0 Å². The Hall–Kier alpha value is -0.340. The highest BCUT2D eigenvalue weighted by Crippen LogP contribution is 2.25. The van der Waals surface area contributed by atoms with Crippen molar-refractivity contribution in [1.29, 1.82) is 0 Å². The van der Waals surface area contributed by atoms with Crippen LogP contribution >= 0.6 is 0 Å². The molecule has 0 radical (unpaired) electrons. The molecule has 0 fully saturated rings. The molecule has 0 bridgehead atoms. The SMILES string of the molecule is CCC=CC(CCCCCCCCC)(OCCC)OCCC. The van der Waals surface area contributed by atoms with Gasteiger partial charge in [-0.2, -0.15) is 0 Å². The Kier molecular flexibility index (Phi) is 15.3. The van der Waals surface area contributed by atoms with Gasteiger partial charge in [0.05, 0.1) is 13.2 Å². The van der Waals surface area contributed by atoms with E-state index < -0.39 is 5.79 Å². The van der Waals surface area contributed by atoms with E-state index in [4.69, 9.17) is 9.47 Å². The lowest BCUT2D eigenvalue weighted by molar-refractivity contribution is -0.209. The second-order valence-corrected chi connectivity index (χ2v) is 6.19. The van der Waals surface area contributed by atoms with Gasteiger partial charge in [-0.25, -0.2) is 0 Å². The van der Waals surface area contributed by atoms with E-state index in [0.29, 0.717) is 0 Å². The van der Waals surface area contributed by atoms with E-state index in [2.05, 4.69) is 39.8 Å². The Morgan fingerprint density at radius 3 is 1.73 bits per heavy atom. The number of ether oxygens (including phenoxy) is 2. The van der Waals surface area contributed by atoms with Crippen LogP contribution in [0.5, 0.6) is 0 Å². The van der Waals surface area contributed by atoms with E-state index in [9.17, 15) is 0 Å². The largest absolute Gasteiger partial charge is 0.346 e. The van der Waals surface area contributed by atoms with Crippen LogP contribution in [-0.2, 0) is 9.47 Å². The predicted molar refractivity (Wildman–Crippen MR) is 97.3 cm³/mol. The van der Waals surface area contributed by atoms with Gasteiger partial charge in [0, 0.05) is 6.42 Å². The minimum atomic E-state index is -0.481. The zero-order chi connectivity index (χ0) is 16.5. The lowest BCUT2D eigenvalue weighted by Crippen LogP contribution is -2.34. The topological polar surface area (TPSA) is 18.5 Å². The molecule has 0 saturated carbocycles. The molecule has 0 aromatic heterocycles. The Balaban J connectivity index is 4.31. The van der Waals surface area contributed by atoms with Crippen molar-refractivity contribution in [1.82, 2.24) is 0 Å². The zero-order valence-electron chi connectivity index (χ0n) is 15.7. The molecule has 0 aliphatic carbocycles. The van der Waals surface area contributed by atoms with Crippen molar-refractivity contribution in [2.75, 3.05) is 13.2 Å². The first-order valence-corrected chi connectivity index (χ1v) is 9.70. The third-order valence-corrected chi connectivity index (χ3v) is 3.84. The average molecular weight is 313 g/mol. The van der Waals surface area contributed by atoms with Crippen LogP contribution in [0.2, 0.25) is 0 Å². The average Bonchev–Trinajstić information content (AvgIpc) is 2.55. The Morgan fingerprint density at radius 1 is 0.682 bits per heavy atom. The minimum absolute atomic E-state index is 0.481. The molecular formula is C20H40O2. The van der Waals surface area contributed by atoms with Gasteiger partial charge in [-0.3, -0.25) is 0 Å². The number of hydrogen-bond donors (Lipinski definition) is 0. The fraction of sp³-hybridized carbons (Fsp3) is 0.900. The first-order chi connectivity index (χ1) is 10.7. The summed E-state index contributed by atoms with van der Waals surface area (Å²) in [6.07, 6.45) is 17.7. The molecule has 0 aromatic carbocycles. The van der Waals surface area contributed by atoms with Gasteiger partial charge in [0.2, 0.25) is 0 Å². The molecule has 0 aliphatic rings. The number of hydrogen-bond acceptors (Lipinski definition) is 2. The van der Waals surface area contributed by atoms with Gasteiger partial charge in [0.25, 0.3) is 0 Å². The quantitative estimate of drug-likeness (QED) is 0.181. The summed E-state index contributed by atoms with van der Waals surface area (Å²) in [7, 11) is 0. The minimum Gasteiger partial charge on any atom is -0.346 e. The molecule has 2 nitrogen and oxygen atoms in total. The Morgan fingerprint density at radius 2 is 1.23 bits per heavy atom. The van der Waals surface area contributed by atoms with Gasteiger partial charge in [0.15, 0.2) is 5.79 Å². The third kappa shape index (κ3) is 11.3. The smallest absolute Gasteiger partial charge is 0.187 e. The maximum Gasteiger partial charge on any atom is 0.187 e. The lowest BCUT2D eigenvalue weighted by Gasteiger charge is -2.31. The van der Waals surface area contributed by atoms with Crippen molar-refractivity contribution < 1.29 is 9.47 Å². The summed E-state index contributed by atoms with van der Waals surface area (Å²) in [4.78, 5) is 0. The number of allylic oxidation sites excluding steroid dienone is 1. The van der Waals surface area contributed by atoms with Crippen molar-refractivity contribution in [3.63, 3.8) is 0 Å². The molecule has 0 atom stereocenters. The monoisotopic (exact) mass is 312 g/mol. The van der Waals surface area contributed by atoms with Crippen LogP contribution in [-0.4, -0.2) is 19.0 Å². The van der Waals surface area contributed by atoms with Crippen LogP contribution in [0.1, 0.15) is 98.3 Å². The van der Waals surface area contributed by atoms with Gasteiger partial charge in [-0.15, -0.1) is 0 Å². The maximum atomic E-state index is 6.12. The van der Waals surface area contributed by atoms with Gasteiger partial charge >= 0.3 is 0 Å². The van der Waals surface area contributed by atoms with Gasteiger partial charge in [-0.1, -0.05) is 72.3 Å². The normalized spacial score (nSPS) is 12.4. The molecule has 0 rings (SSSR count). The van der Waals surface area contributed by atoms with Crippen LogP contribution in [0.25, 0.3) is 0 Å². The highest BCUT2D eigenvalue weighted by molar-refractivity contribution is 4.96. The summed E-state index contributed by atoms with van der Waals surface area (Å²) < 4.78 is 12.2. The molecule has 22 heavy (non-hydrogen) atoms. The van der Waals surface area contributed by atoms with Crippen molar-refractivity contribution in [3.05, 3.63) is 12.2 Å². The highest BCUT2D eigenvalue weighted by Gasteiger charge is 2.27. The van der Waals surface area contributed by atoms with Crippen molar-refractivity contribution in [3.8, 4) is 0 Å². The number of unbranched alkanes of at least 4 members (excludes halogenated alkanes) is 6. The fourth-order valence-corrected chi connectivity index (χ4v) is 2.54. The lowest BCUT2D eigenvalue weighted by atomic mass is 10.0. The first kappa shape index (κ1) is 21.7. The molecule has 132 valence electrons.